The minimum absolute atomic E-state index is 0.561. The van der Waals surface area contributed by atoms with Gasteiger partial charge in [-0.15, -0.1) is 0 Å². The lowest BCUT2D eigenvalue weighted by atomic mass is 9.97. The highest BCUT2D eigenvalue weighted by atomic mass is 16.5. The molecule has 0 atom stereocenters. The minimum atomic E-state index is 0.561. The average molecular weight is 724 g/mol. The van der Waals surface area contributed by atoms with E-state index in [1.54, 1.807) is 0 Å². The number of pyridine rings is 1. The van der Waals surface area contributed by atoms with Crippen LogP contribution in [0.5, 0.6) is 34.5 Å². The van der Waals surface area contributed by atoms with E-state index in [1.807, 2.05) is 140 Å². The predicted octanol–water partition coefficient (Wildman–Crippen LogP) is 13.3. The third-order valence-corrected chi connectivity index (χ3v) is 10.3. The summed E-state index contributed by atoms with van der Waals surface area (Å²) in [6.07, 6.45) is 1.95. The first-order chi connectivity index (χ1) is 27.7. The van der Waals surface area contributed by atoms with E-state index in [2.05, 4.69) is 57.2 Å². The van der Waals surface area contributed by atoms with Gasteiger partial charge in [0, 0.05) is 5.56 Å². The van der Waals surface area contributed by atoms with Gasteiger partial charge < -0.3 is 19.1 Å². The number of para-hydroxylation sites is 12. The Morgan fingerprint density at radius 1 is 0.393 bits per heavy atom. The molecule has 0 saturated carbocycles. The van der Waals surface area contributed by atoms with E-state index < -0.39 is 0 Å². The van der Waals surface area contributed by atoms with E-state index in [4.69, 9.17) is 19.2 Å². The summed E-state index contributed by atoms with van der Waals surface area (Å²) >= 11 is 0. The largest absolute Gasteiger partial charge is 0.453 e. The van der Waals surface area contributed by atoms with E-state index in [0.717, 1.165) is 68.1 Å². The molecule has 3 aliphatic heterocycles. The standard InChI is InChI=1S/C48H29N5O3/c49-29-31-25-27-32(28-26-31)46-39(51-33-13-1-7-19-40(33)54-41-20-8-2-14-34(41)51)30-50-48(53-37-17-5-11-23-44(37)56-45-24-12-6-18-38(45)53)47(46)52-35-15-3-9-21-42(35)55-43-22-10-4-16-36(43)52/h1-28,30H. The lowest BCUT2D eigenvalue weighted by Crippen LogP contribution is -2.24. The number of nitrogens with zero attached hydrogens (tertiary/aromatic N) is 5. The van der Waals surface area contributed by atoms with Gasteiger partial charge in [-0.1, -0.05) is 84.9 Å². The molecule has 0 spiro atoms. The molecule has 0 radical (unpaired) electrons. The van der Waals surface area contributed by atoms with Crippen molar-refractivity contribution in [3.63, 3.8) is 0 Å². The van der Waals surface area contributed by atoms with Crippen LogP contribution in [0, 0.1) is 11.3 Å². The van der Waals surface area contributed by atoms with E-state index >= 15 is 0 Å². The molecule has 1 aromatic heterocycles. The number of nitriles is 1. The van der Waals surface area contributed by atoms with Gasteiger partial charge >= 0.3 is 0 Å². The third kappa shape index (κ3) is 4.82. The van der Waals surface area contributed by atoms with Crippen molar-refractivity contribution in [1.82, 2.24) is 4.98 Å². The lowest BCUT2D eigenvalue weighted by Gasteiger charge is -2.40. The Hall–Kier alpha value is -8.02. The molecule has 0 fully saturated rings. The highest BCUT2D eigenvalue weighted by Gasteiger charge is 2.38. The van der Waals surface area contributed by atoms with Gasteiger partial charge in [0.1, 0.15) is 5.69 Å². The van der Waals surface area contributed by atoms with Crippen LogP contribution in [0.1, 0.15) is 5.56 Å². The smallest absolute Gasteiger partial charge is 0.163 e. The number of benzene rings is 7. The molecule has 11 rings (SSSR count). The van der Waals surface area contributed by atoms with Crippen LogP contribution in [-0.2, 0) is 0 Å². The maximum Gasteiger partial charge on any atom is 0.163 e. The summed E-state index contributed by atoms with van der Waals surface area (Å²) in [5.74, 6) is 4.94. The SMILES string of the molecule is N#Cc1ccc(-c2c(N3c4ccccc4Oc4ccccc43)cnc(N3c4ccccc4Oc4ccccc43)c2N2c3ccccc3Oc3ccccc32)cc1. The van der Waals surface area contributed by atoms with E-state index in [1.165, 1.54) is 0 Å². The van der Waals surface area contributed by atoms with Crippen molar-refractivity contribution in [1.29, 1.82) is 5.26 Å². The molecule has 0 N–H and O–H groups in total. The molecule has 0 aliphatic carbocycles. The van der Waals surface area contributed by atoms with Gasteiger partial charge in [0.05, 0.1) is 57.6 Å². The number of fused-ring (bicyclic) bond motifs is 6. The molecular weight excluding hydrogens is 695 g/mol. The first kappa shape index (κ1) is 31.5. The van der Waals surface area contributed by atoms with Crippen LogP contribution < -0.4 is 28.9 Å². The van der Waals surface area contributed by atoms with E-state index in [-0.39, 0.29) is 0 Å². The van der Waals surface area contributed by atoms with E-state index in [0.29, 0.717) is 34.4 Å². The molecule has 0 saturated heterocycles. The van der Waals surface area contributed by atoms with Crippen LogP contribution in [-0.4, -0.2) is 4.98 Å². The topological polar surface area (TPSA) is 74.1 Å². The second kappa shape index (κ2) is 12.5. The summed E-state index contributed by atoms with van der Waals surface area (Å²) < 4.78 is 19.6. The van der Waals surface area contributed by atoms with Crippen molar-refractivity contribution in [2.75, 3.05) is 14.7 Å². The molecule has 264 valence electrons. The molecule has 56 heavy (non-hydrogen) atoms. The van der Waals surface area contributed by atoms with Gasteiger partial charge in [-0.3, -0.25) is 9.80 Å². The predicted molar refractivity (Wildman–Crippen MR) is 219 cm³/mol. The van der Waals surface area contributed by atoms with Crippen LogP contribution in [0.25, 0.3) is 11.1 Å². The Morgan fingerprint density at radius 3 is 1.14 bits per heavy atom. The fourth-order valence-corrected chi connectivity index (χ4v) is 7.86. The Bertz CT molecular complexity index is 2770. The Balaban J connectivity index is 1.31. The van der Waals surface area contributed by atoms with Gasteiger partial charge in [0.2, 0.25) is 0 Å². The van der Waals surface area contributed by atoms with Crippen molar-refractivity contribution in [2.45, 2.75) is 0 Å². The average Bonchev–Trinajstić information content (AvgIpc) is 3.26. The normalized spacial score (nSPS) is 12.9. The zero-order valence-electron chi connectivity index (χ0n) is 29.7. The fraction of sp³-hybridized carbons (Fsp3) is 0. The summed E-state index contributed by atoms with van der Waals surface area (Å²) in [5.41, 5.74) is 9.04. The van der Waals surface area contributed by atoms with Crippen molar-refractivity contribution in [3.05, 3.63) is 182 Å². The Morgan fingerprint density at radius 2 is 0.750 bits per heavy atom. The minimum Gasteiger partial charge on any atom is -0.453 e. The summed E-state index contributed by atoms with van der Waals surface area (Å²) in [4.78, 5) is 12.2. The number of aromatic nitrogens is 1. The first-order valence-corrected chi connectivity index (χ1v) is 18.3. The van der Waals surface area contributed by atoms with Crippen molar-refractivity contribution < 1.29 is 14.2 Å². The molecule has 8 aromatic rings. The highest BCUT2D eigenvalue weighted by Crippen LogP contribution is 2.61. The molecular formula is C48H29N5O3. The molecule has 7 aromatic carbocycles. The molecule has 0 amide bonds. The Kier molecular flexibility index (Phi) is 7.06. The number of ether oxygens (including phenoxy) is 3. The van der Waals surface area contributed by atoms with Crippen LogP contribution in [0.3, 0.4) is 0 Å². The monoisotopic (exact) mass is 723 g/mol. The molecule has 0 bridgehead atoms. The van der Waals surface area contributed by atoms with Crippen molar-refractivity contribution >= 4 is 51.3 Å². The van der Waals surface area contributed by atoms with E-state index in [9.17, 15) is 5.26 Å². The van der Waals surface area contributed by atoms with Gasteiger partial charge in [-0.25, -0.2) is 4.98 Å². The molecule has 0 unspecified atom stereocenters. The molecule has 8 nitrogen and oxygen atoms in total. The van der Waals surface area contributed by atoms with Crippen molar-refractivity contribution in [2.24, 2.45) is 0 Å². The highest BCUT2D eigenvalue weighted by molar-refractivity contribution is 6.07. The summed E-state index contributed by atoms with van der Waals surface area (Å²) in [7, 11) is 0. The zero-order valence-corrected chi connectivity index (χ0v) is 29.7. The number of hydrogen-bond donors (Lipinski definition) is 0. The van der Waals surface area contributed by atoms with Crippen LogP contribution in [0.4, 0.5) is 51.3 Å². The molecule has 8 heteroatoms. The summed E-state index contributed by atoms with van der Waals surface area (Å²) in [6.45, 7) is 0. The third-order valence-electron chi connectivity index (χ3n) is 10.3. The lowest BCUT2D eigenvalue weighted by molar-refractivity contribution is 0.475. The maximum absolute atomic E-state index is 9.93. The van der Waals surface area contributed by atoms with Gasteiger partial charge in [0.15, 0.2) is 40.3 Å². The molecule has 4 heterocycles. The first-order valence-electron chi connectivity index (χ1n) is 18.3. The van der Waals surface area contributed by atoms with Crippen LogP contribution in [0.2, 0.25) is 0 Å². The van der Waals surface area contributed by atoms with Gasteiger partial charge in [-0.2, -0.15) is 5.26 Å². The zero-order chi connectivity index (χ0) is 37.2. The Labute approximate surface area is 322 Å². The summed E-state index contributed by atoms with van der Waals surface area (Å²) in [6, 6.07) is 58.4. The second-order valence-corrected chi connectivity index (χ2v) is 13.5. The molecule has 3 aliphatic rings. The fourth-order valence-electron chi connectivity index (χ4n) is 7.86. The van der Waals surface area contributed by atoms with Crippen LogP contribution >= 0.6 is 0 Å². The maximum atomic E-state index is 9.93. The number of hydrogen-bond acceptors (Lipinski definition) is 8. The number of anilines is 9. The van der Waals surface area contributed by atoms with Crippen LogP contribution in [0.15, 0.2) is 176 Å². The summed E-state index contributed by atoms with van der Waals surface area (Å²) in [5, 5.41) is 9.93. The second-order valence-electron chi connectivity index (χ2n) is 13.5. The van der Waals surface area contributed by atoms with Crippen molar-refractivity contribution in [3.8, 4) is 51.7 Å². The van der Waals surface area contributed by atoms with Gasteiger partial charge in [-0.05, 0) is 90.5 Å². The van der Waals surface area contributed by atoms with Gasteiger partial charge in [0.25, 0.3) is 0 Å². The number of rotatable bonds is 4. The quantitative estimate of drug-likeness (QED) is 0.178.